The van der Waals surface area contributed by atoms with E-state index >= 15 is 0 Å². The Balaban J connectivity index is 2.16. The Morgan fingerprint density at radius 2 is 1.80 bits per heavy atom. The molecule has 0 heterocycles. The fourth-order valence-electron chi connectivity index (χ4n) is 2.21. The van der Waals surface area contributed by atoms with Crippen molar-refractivity contribution in [2.24, 2.45) is 0 Å². The average Bonchev–Trinajstić information content (AvgIpc) is 2.36. The van der Waals surface area contributed by atoms with Crippen molar-refractivity contribution < 1.29 is 4.79 Å². The van der Waals surface area contributed by atoms with Gasteiger partial charge in [-0.3, -0.25) is 4.79 Å². The molecule has 2 rings (SSSR count). The first-order valence-corrected chi connectivity index (χ1v) is 8.31. The molecule has 4 heteroatoms. The summed E-state index contributed by atoms with van der Waals surface area (Å²) >= 11 is 6.96. The topological polar surface area (TPSA) is 29.1 Å². The molecular weight excluding hydrogens is 382 g/mol. The highest BCUT2D eigenvalue weighted by molar-refractivity contribution is 9.10. The molecule has 2 unspecified atom stereocenters. The van der Waals surface area contributed by atoms with Crippen molar-refractivity contribution in [3.05, 3.63) is 46.4 Å². The second-order valence-corrected chi connectivity index (χ2v) is 7.58. The van der Waals surface area contributed by atoms with Crippen LogP contribution in [0.25, 0.3) is 10.8 Å². The van der Waals surface area contributed by atoms with Crippen molar-refractivity contribution >= 4 is 48.5 Å². The number of carbonyl (C=O) groups excluding carboxylic acids is 1. The Kier molecular flexibility index (Phi) is 5.22. The lowest BCUT2D eigenvalue weighted by atomic mass is 10.1. The summed E-state index contributed by atoms with van der Waals surface area (Å²) in [6, 6.07) is 12.0. The average molecular weight is 399 g/mol. The highest BCUT2D eigenvalue weighted by Crippen LogP contribution is 2.21. The number of carbonyl (C=O) groups is 1. The van der Waals surface area contributed by atoms with Gasteiger partial charge in [0.25, 0.3) is 5.91 Å². The minimum atomic E-state index is -0.0181. The molecule has 1 amide bonds. The zero-order chi connectivity index (χ0) is 14.7. The minimum absolute atomic E-state index is 0.0181. The molecule has 2 aromatic rings. The summed E-state index contributed by atoms with van der Waals surface area (Å²) in [7, 11) is 0. The standard InChI is InChI=1S/C16H17Br2NO/c1-10(17)7-11(2)19-16(20)14-4-3-13-9-15(18)6-5-12(13)8-14/h3-6,8-11H,7H2,1-2H3,(H,19,20). The summed E-state index contributed by atoms with van der Waals surface area (Å²) in [5, 5.41) is 5.22. The molecule has 0 aliphatic rings. The maximum Gasteiger partial charge on any atom is 0.251 e. The van der Waals surface area contributed by atoms with E-state index in [1.165, 1.54) is 0 Å². The van der Waals surface area contributed by atoms with Crippen LogP contribution in [0.5, 0.6) is 0 Å². The third-order valence-electron chi connectivity index (χ3n) is 3.12. The van der Waals surface area contributed by atoms with Gasteiger partial charge in [0.15, 0.2) is 0 Å². The molecule has 0 bridgehead atoms. The van der Waals surface area contributed by atoms with Crippen LogP contribution in [0.2, 0.25) is 0 Å². The zero-order valence-electron chi connectivity index (χ0n) is 11.5. The number of amides is 1. The van der Waals surface area contributed by atoms with Gasteiger partial charge in [-0.05, 0) is 48.4 Å². The van der Waals surface area contributed by atoms with Gasteiger partial charge in [-0.1, -0.05) is 50.9 Å². The molecule has 0 fully saturated rings. The van der Waals surface area contributed by atoms with E-state index in [9.17, 15) is 4.79 Å². The lowest BCUT2D eigenvalue weighted by Gasteiger charge is -2.15. The summed E-state index contributed by atoms with van der Waals surface area (Å²) in [5.41, 5.74) is 0.703. The highest BCUT2D eigenvalue weighted by atomic mass is 79.9. The van der Waals surface area contributed by atoms with E-state index in [2.05, 4.69) is 44.1 Å². The van der Waals surface area contributed by atoms with E-state index in [0.717, 1.165) is 21.7 Å². The number of alkyl halides is 1. The quantitative estimate of drug-likeness (QED) is 0.729. The third-order valence-corrected chi connectivity index (χ3v) is 3.99. The van der Waals surface area contributed by atoms with Gasteiger partial charge in [-0.25, -0.2) is 0 Å². The van der Waals surface area contributed by atoms with Crippen molar-refractivity contribution in [2.75, 3.05) is 0 Å². The molecule has 0 radical (unpaired) electrons. The molecule has 0 saturated heterocycles. The van der Waals surface area contributed by atoms with Crippen molar-refractivity contribution in [1.29, 1.82) is 0 Å². The van der Waals surface area contributed by atoms with E-state index in [-0.39, 0.29) is 11.9 Å². The zero-order valence-corrected chi connectivity index (χ0v) is 14.7. The van der Waals surface area contributed by atoms with Gasteiger partial charge in [-0.2, -0.15) is 0 Å². The molecule has 20 heavy (non-hydrogen) atoms. The van der Waals surface area contributed by atoms with Gasteiger partial charge in [0.2, 0.25) is 0 Å². The lowest BCUT2D eigenvalue weighted by molar-refractivity contribution is 0.0939. The van der Waals surface area contributed by atoms with Crippen LogP contribution in [0, 0.1) is 0 Å². The van der Waals surface area contributed by atoms with Crippen LogP contribution in [-0.4, -0.2) is 16.8 Å². The Hall–Kier alpha value is -0.870. The monoisotopic (exact) mass is 397 g/mol. The third kappa shape index (κ3) is 4.06. The molecule has 1 N–H and O–H groups in total. The second-order valence-electron chi connectivity index (χ2n) is 5.10. The van der Waals surface area contributed by atoms with Crippen LogP contribution < -0.4 is 5.32 Å². The van der Waals surface area contributed by atoms with Crippen LogP contribution in [0.1, 0.15) is 30.6 Å². The van der Waals surface area contributed by atoms with E-state index in [1.54, 1.807) is 0 Å². The maximum atomic E-state index is 12.2. The summed E-state index contributed by atoms with van der Waals surface area (Å²) < 4.78 is 1.04. The summed E-state index contributed by atoms with van der Waals surface area (Å²) in [4.78, 5) is 12.6. The number of fused-ring (bicyclic) bond motifs is 1. The van der Waals surface area contributed by atoms with Crippen LogP contribution in [-0.2, 0) is 0 Å². The molecule has 2 nitrogen and oxygen atoms in total. The van der Waals surface area contributed by atoms with Crippen LogP contribution in [0.3, 0.4) is 0 Å². The molecule has 0 aliphatic heterocycles. The second kappa shape index (κ2) is 6.72. The molecule has 0 saturated carbocycles. The number of rotatable bonds is 4. The highest BCUT2D eigenvalue weighted by Gasteiger charge is 2.12. The molecule has 2 aromatic carbocycles. The normalized spacial score (nSPS) is 14.0. The summed E-state index contributed by atoms with van der Waals surface area (Å²) in [6.07, 6.45) is 0.909. The van der Waals surface area contributed by atoms with Crippen molar-refractivity contribution in [1.82, 2.24) is 5.32 Å². The molecule has 0 aliphatic carbocycles. The number of hydrogen-bond acceptors (Lipinski definition) is 1. The maximum absolute atomic E-state index is 12.2. The molecule has 106 valence electrons. The lowest BCUT2D eigenvalue weighted by Crippen LogP contribution is -2.33. The number of benzene rings is 2. The van der Waals surface area contributed by atoms with Crippen LogP contribution in [0.15, 0.2) is 40.9 Å². The first-order chi connectivity index (χ1) is 9.45. The SMILES string of the molecule is CC(Br)CC(C)NC(=O)c1ccc2cc(Br)ccc2c1. The van der Waals surface area contributed by atoms with Gasteiger partial charge >= 0.3 is 0 Å². The van der Waals surface area contributed by atoms with E-state index in [1.807, 2.05) is 43.3 Å². The Morgan fingerprint density at radius 3 is 2.50 bits per heavy atom. The molecular formula is C16H17Br2NO. The predicted molar refractivity (Wildman–Crippen MR) is 91.6 cm³/mol. The Morgan fingerprint density at radius 1 is 1.15 bits per heavy atom. The number of nitrogens with one attached hydrogen (secondary N) is 1. The van der Waals surface area contributed by atoms with Gasteiger partial charge in [0.05, 0.1) is 0 Å². The Labute approximate surface area is 136 Å². The van der Waals surface area contributed by atoms with E-state index < -0.39 is 0 Å². The molecule has 0 aromatic heterocycles. The fourth-order valence-corrected chi connectivity index (χ4v) is 3.15. The number of hydrogen-bond donors (Lipinski definition) is 1. The van der Waals surface area contributed by atoms with Crippen molar-refractivity contribution in [3.63, 3.8) is 0 Å². The van der Waals surface area contributed by atoms with Crippen molar-refractivity contribution in [3.8, 4) is 0 Å². The van der Waals surface area contributed by atoms with E-state index in [4.69, 9.17) is 0 Å². The van der Waals surface area contributed by atoms with Crippen LogP contribution >= 0.6 is 31.9 Å². The summed E-state index contributed by atoms with van der Waals surface area (Å²) in [5.74, 6) is -0.0181. The van der Waals surface area contributed by atoms with Crippen LogP contribution in [0.4, 0.5) is 0 Å². The van der Waals surface area contributed by atoms with Gasteiger partial charge in [0.1, 0.15) is 0 Å². The van der Waals surface area contributed by atoms with Gasteiger partial charge < -0.3 is 5.32 Å². The van der Waals surface area contributed by atoms with Gasteiger partial charge in [0, 0.05) is 20.9 Å². The van der Waals surface area contributed by atoms with E-state index in [0.29, 0.717) is 10.4 Å². The summed E-state index contributed by atoms with van der Waals surface area (Å²) in [6.45, 7) is 4.10. The largest absolute Gasteiger partial charge is 0.350 e. The first-order valence-electron chi connectivity index (χ1n) is 6.60. The molecule has 0 spiro atoms. The smallest absolute Gasteiger partial charge is 0.251 e. The first kappa shape index (κ1) is 15.5. The Bertz CT molecular complexity index is 625. The number of halogens is 2. The predicted octanol–water partition coefficient (Wildman–Crippen LogP) is 4.89. The molecule has 2 atom stereocenters. The van der Waals surface area contributed by atoms with Crippen molar-refractivity contribution in [2.45, 2.75) is 31.1 Å². The van der Waals surface area contributed by atoms with Gasteiger partial charge in [-0.15, -0.1) is 0 Å². The minimum Gasteiger partial charge on any atom is -0.350 e. The fraction of sp³-hybridized carbons (Fsp3) is 0.312.